The molecule has 228 valence electrons. The van der Waals surface area contributed by atoms with Crippen LogP contribution in [0.3, 0.4) is 0 Å². The van der Waals surface area contributed by atoms with Gasteiger partial charge in [-0.05, 0) is 82.3 Å². The third kappa shape index (κ3) is 9.02. The average Bonchev–Trinajstić information content (AvgIpc) is 3.31. The highest BCUT2D eigenvalue weighted by Gasteiger charge is 2.54. The van der Waals surface area contributed by atoms with Crippen molar-refractivity contribution in [1.82, 2.24) is 0 Å². The zero-order chi connectivity index (χ0) is 30.0. The van der Waals surface area contributed by atoms with Gasteiger partial charge in [0.15, 0.2) is 6.79 Å². The Morgan fingerprint density at radius 2 is 1.76 bits per heavy atom. The van der Waals surface area contributed by atoms with E-state index in [2.05, 4.69) is 25.7 Å². The molecule has 2 fully saturated rings. The van der Waals surface area contributed by atoms with Crippen LogP contribution < -0.4 is 0 Å². The second-order valence-corrected chi connectivity index (χ2v) is 12.2. The van der Waals surface area contributed by atoms with Crippen LogP contribution in [0.2, 0.25) is 0 Å². The van der Waals surface area contributed by atoms with E-state index in [1.807, 2.05) is 39.0 Å². The lowest BCUT2D eigenvalue weighted by Gasteiger charge is -2.47. The first kappa shape index (κ1) is 33.1. The van der Waals surface area contributed by atoms with Crippen molar-refractivity contribution in [2.45, 2.75) is 97.1 Å². The summed E-state index contributed by atoms with van der Waals surface area (Å²) in [7, 11) is 3.05. The van der Waals surface area contributed by atoms with Crippen molar-refractivity contribution in [2.75, 3.05) is 27.8 Å². The zero-order valence-corrected chi connectivity index (χ0v) is 25.8. The fraction of sp³-hybridized carbons (Fsp3) is 0.697. The van der Waals surface area contributed by atoms with Crippen LogP contribution in [-0.4, -0.2) is 63.7 Å². The Hall–Kier alpha value is -2.44. The van der Waals surface area contributed by atoms with Crippen LogP contribution in [-0.2, 0) is 33.2 Å². The first-order chi connectivity index (χ1) is 19.5. The molecule has 0 aliphatic heterocycles. The highest BCUT2D eigenvalue weighted by atomic mass is 16.7. The molecule has 0 amide bonds. The Morgan fingerprint density at radius 1 is 1.05 bits per heavy atom. The quantitative estimate of drug-likeness (QED) is 0.167. The third-order valence-corrected chi connectivity index (χ3v) is 8.74. The molecule has 3 rings (SSSR count). The molecule has 1 aromatic rings. The number of esters is 2. The van der Waals surface area contributed by atoms with Gasteiger partial charge in [0.25, 0.3) is 0 Å². The van der Waals surface area contributed by atoms with Crippen molar-refractivity contribution in [2.24, 2.45) is 23.2 Å². The number of hydrogen-bond donors (Lipinski definition) is 0. The van der Waals surface area contributed by atoms with E-state index in [-0.39, 0.29) is 55.3 Å². The fourth-order valence-corrected chi connectivity index (χ4v) is 6.65. The zero-order valence-electron chi connectivity index (χ0n) is 25.8. The molecule has 0 aromatic heterocycles. The van der Waals surface area contributed by atoms with Gasteiger partial charge in [0.05, 0.1) is 18.1 Å². The van der Waals surface area contributed by atoms with Crippen LogP contribution in [0.1, 0.15) is 83.5 Å². The van der Waals surface area contributed by atoms with Crippen molar-refractivity contribution in [3.63, 3.8) is 0 Å². The summed E-state index contributed by atoms with van der Waals surface area (Å²) in [5.74, 6) is 6.61. The number of carbonyl (C=O) groups excluding carboxylic acids is 2. The Kier molecular flexibility index (Phi) is 12.2. The van der Waals surface area contributed by atoms with Crippen molar-refractivity contribution in [3.8, 4) is 11.8 Å². The number of methoxy groups -OCH3 is 2. The van der Waals surface area contributed by atoms with Gasteiger partial charge in [-0.1, -0.05) is 43.9 Å². The first-order valence-corrected chi connectivity index (χ1v) is 14.7. The summed E-state index contributed by atoms with van der Waals surface area (Å²) in [5, 5.41) is 0. The van der Waals surface area contributed by atoms with Gasteiger partial charge in [0.2, 0.25) is 0 Å². The van der Waals surface area contributed by atoms with Crippen molar-refractivity contribution in [1.29, 1.82) is 0 Å². The van der Waals surface area contributed by atoms with Crippen LogP contribution in [0, 0.1) is 35.0 Å². The minimum atomic E-state index is -0.734. The maximum atomic E-state index is 12.9. The van der Waals surface area contributed by atoms with Crippen molar-refractivity contribution < 1.29 is 38.0 Å². The summed E-state index contributed by atoms with van der Waals surface area (Å²) >= 11 is 0. The molecule has 0 saturated heterocycles. The maximum absolute atomic E-state index is 12.9. The second kappa shape index (κ2) is 15.2. The molecule has 8 heteroatoms. The van der Waals surface area contributed by atoms with Crippen LogP contribution >= 0.6 is 0 Å². The van der Waals surface area contributed by atoms with Gasteiger partial charge in [-0.25, -0.2) is 4.79 Å². The summed E-state index contributed by atoms with van der Waals surface area (Å²) in [5.41, 5.74) is -0.171. The maximum Gasteiger partial charge on any atom is 0.338 e. The topological polar surface area (TPSA) is 89.5 Å². The van der Waals surface area contributed by atoms with Gasteiger partial charge < -0.3 is 28.4 Å². The predicted molar refractivity (Wildman–Crippen MR) is 155 cm³/mol. The molecule has 1 aromatic carbocycles. The van der Waals surface area contributed by atoms with E-state index < -0.39 is 17.8 Å². The van der Waals surface area contributed by atoms with Gasteiger partial charge in [-0.3, -0.25) is 4.79 Å². The molecule has 8 nitrogen and oxygen atoms in total. The summed E-state index contributed by atoms with van der Waals surface area (Å²) < 4.78 is 33.3. The molecule has 7 atom stereocenters. The molecule has 0 bridgehead atoms. The highest BCUT2D eigenvalue weighted by molar-refractivity contribution is 5.89. The number of hydrogen-bond acceptors (Lipinski definition) is 8. The van der Waals surface area contributed by atoms with Gasteiger partial charge in [0, 0.05) is 20.1 Å². The standard InChI is InChI=1S/C33H48O8/c1-23(20-30(34)38-21-36-6)40-28(17-19-32(3,4)39-22-37-7)24(2)26-15-16-27-29(14-11-18-33(26,27)5)41-31(35)25-12-9-8-10-13-25/h8-10,12-13,23-24,26-29H,11,14-16,18,20-22H2,1-7H3/t23-,24+,26-,27+,28+,29+,33-/m1/s1. The summed E-state index contributed by atoms with van der Waals surface area (Å²) in [6.07, 6.45) is 4.08. The monoisotopic (exact) mass is 572 g/mol. The van der Waals surface area contributed by atoms with Crippen LogP contribution in [0.25, 0.3) is 0 Å². The molecule has 0 N–H and O–H groups in total. The molecule has 0 radical (unpaired) electrons. The molecule has 41 heavy (non-hydrogen) atoms. The SMILES string of the molecule is COCOC(=O)C[C@@H](C)O[C@@H](C#CC(C)(C)OCOC)[C@@H](C)[C@H]1CC[C@H]2[C@@H](OC(=O)c3ccccc3)CCC[C@]12C. The van der Waals surface area contributed by atoms with E-state index in [1.54, 1.807) is 19.2 Å². The van der Waals surface area contributed by atoms with E-state index in [0.29, 0.717) is 11.5 Å². The molecule has 2 aliphatic rings. The Bertz CT molecular complexity index is 1040. The number of ether oxygens (including phenoxy) is 6. The number of fused-ring (bicyclic) bond motifs is 1. The molecular formula is C33H48O8. The fourth-order valence-electron chi connectivity index (χ4n) is 6.65. The van der Waals surface area contributed by atoms with Crippen molar-refractivity contribution >= 4 is 11.9 Å². The Labute approximate surface area is 245 Å². The average molecular weight is 573 g/mol. The van der Waals surface area contributed by atoms with E-state index in [1.165, 1.54) is 7.11 Å². The number of benzene rings is 1. The smallest absolute Gasteiger partial charge is 0.338 e. The molecule has 0 heterocycles. The minimum Gasteiger partial charge on any atom is -0.458 e. The highest BCUT2D eigenvalue weighted by Crippen LogP contribution is 2.59. The van der Waals surface area contributed by atoms with E-state index in [0.717, 1.165) is 32.1 Å². The van der Waals surface area contributed by atoms with E-state index >= 15 is 0 Å². The lowest BCUT2D eigenvalue weighted by Crippen LogP contribution is -2.45. The van der Waals surface area contributed by atoms with Gasteiger partial charge in [0.1, 0.15) is 24.6 Å². The van der Waals surface area contributed by atoms with Crippen LogP contribution in [0.15, 0.2) is 30.3 Å². The van der Waals surface area contributed by atoms with Crippen molar-refractivity contribution in [3.05, 3.63) is 35.9 Å². The summed E-state index contributed by atoms with van der Waals surface area (Å²) in [6, 6.07) is 9.21. The van der Waals surface area contributed by atoms with Gasteiger partial charge in [-0.15, -0.1) is 0 Å². The number of carbonyl (C=O) groups is 2. The third-order valence-electron chi connectivity index (χ3n) is 8.74. The summed E-state index contributed by atoms with van der Waals surface area (Å²) in [6.45, 7) is 10.2. The molecule has 2 aliphatic carbocycles. The van der Waals surface area contributed by atoms with E-state index in [4.69, 9.17) is 28.4 Å². The van der Waals surface area contributed by atoms with Gasteiger partial charge >= 0.3 is 11.9 Å². The molecule has 0 spiro atoms. The molecule has 2 saturated carbocycles. The second-order valence-electron chi connectivity index (χ2n) is 12.2. The Morgan fingerprint density at radius 3 is 2.44 bits per heavy atom. The first-order valence-electron chi connectivity index (χ1n) is 14.7. The molecular weight excluding hydrogens is 524 g/mol. The van der Waals surface area contributed by atoms with Gasteiger partial charge in [-0.2, -0.15) is 0 Å². The largest absolute Gasteiger partial charge is 0.458 e. The predicted octanol–water partition coefficient (Wildman–Crippen LogP) is 5.78. The minimum absolute atomic E-state index is 0.0225. The Balaban J connectivity index is 1.78. The van der Waals surface area contributed by atoms with E-state index in [9.17, 15) is 9.59 Å². The number of rotatable bonds is 13. The van der Waals surface area contributed by atoms with Crippen LogP contribution in [0.4, 0.5) is 0 Å². The lowest BCUT2D eigenvalue weighted by atomic mass is 9.61. The van der Waals surface area contributed by atoms with Crippen LogP contribution in [0.5, 0.6) is 0 Å². The summed E-state index contributed by atoms with van der Waals surface area (Å²) in [4.78, 5) is 25.2. The molecule has 0 unspecified atom stereocenters. The lowest BCUT2D eigenvalue weighted by molar-refractivity contribution is -0.158. The normalized spacial score (nSPS) is 26.2.